The third-order valence-electron chi connectivity index (χ3n) is 8.95. The normalized spacial score (nSPS) is 12.8. The van der Waals surface area contributed by atoms with Gasteiger partial charge in [0, 0.05) is 48.0 Å². The first-order valence-corrected chi connectivity index (χ1v) is 17.4. The zero-order chi connectivity index (χ0) is 32.6. The van der Waals surface area contributed by atoms with E-state index in [0.717, 1.165) is 74.8 Å². The number of rotatable bonds is 6. The molecule has 0 N–H and O–H groups in total. The zero-order valence-corrected chi connectivity index (χ0v) is 27.4. The molecule has 8 aromatic rings. The van der Waals surface area contributed by atoms with Crippen LogP contribution >= 0.6 is 11.3 Å². The molecule has 5 aromatic carbocycles. The molecule has 0 atom stereocenters. The Hall–Kier alpha value is -6.04. The first-order chi connectivity index (χ1) is 24.3. The maximum absolute atomic E-state index is 5.17. The Labute approximate surface area is 288 Å². The zero-order valence-electron chi connectivity index (χ0n) is 26.6. The van der Waals surface area contributed by atoms with E-state index in [-0.39, 0.29) is 0 Å². The molecule has 0 bridgehead atoms. The molecule has 49 heavy (non-hydrogen) atoms. The molecule has 0 spiro atoms. The van der Waals surface area contributed by atoms with Gasteiger partial charge in [-0.2, -0.15) is 0 Å². The maximum Gasteiger partial charge on any atom is 0.161 e. The maximum atomic E-state index is 5.17. The highest BCUT2D eigenvalue weighted by molar-refractivity contribution is 7.26. The van der Waals surface area contributed by atoms with Gasteiger partial charge in [-0.1, -0.05) is 133 Å². The minimum absolute atomic E-state index is 0.713. The highest BCUT2D eigenvalue weighted by atomic mass is 32.1. The summed E-state index contributed by atoms with van der Waals surface area (Å²) in [5.41, 5.74) is 10.0. The Morgan fingerprint density at radius 1 is 0.449 bits per heavy atom. The number of hydrogen-bond donors (Lipinski definition) is 0. The minimum Gasteiger partial charge on any atom is -0.228 e. The molecule has 0 saturated heterocycles. The third kappa shape index (κ3) is 5.64. The SMILES string of the molecule is C1=CC(c2cc(-c3ccccc3)nc(-c3cccc4c3sc3cc(-c5cc(-c6ccccc6)nc(-c6ccccc6)n5)ccc34)n2)=CCC1. The molecule has 0 amide bonds. The summed E-state index contributed by atoms with van der Waals surface area (Å²) in [6.45, 7) is 0. The van der Waals surface area contributed by atoms with Gasteiger partial charge in [0.1, 0.15) is 0 Å². The van der Waals surface area contributed by atoms with Crippen molar-refractivity contribution in [1.82, 2.24) is 19.9 Å². The van der Waals surface area contributed by atoms with Crippen molar-refractivity contribution in [2.45, 2.75) is 12.8 Å². The van der Waals surface area contributed by atoms with Crippen LogP contribution in [0.2, 0.25) is 0 Å². The van der Waals surface area contributed by atoms with Crippen molar-refractivity contribution in [3.63, 3.8) is 0 Å². The summed E-state index contributed by atoms with van der Waals surface area (Å²) in [4.78, 5) is 20.4. The van der Waals surface area contributed by atoms with Crippen molar-refractivity contribution in [2.75, 3.05) is 0 Å². The van der Waals surface area contributed by atoms with E-state index in [0.29, 0.717) is 5.82 Å². The summed E-state index contributed by atoms with van der Waals surface area (Å²) in [5.74, 6) is 1.45. The summed E-state index contributed by atoms with van der Waals surface area (Å²) < 4.78 is 2.37. The molecule has 3 heterocycles. The lowest BCUT2D eigenvalue weighted by molar-refractivity contribution is 1.03. The van der Waals surface area contributed by atoms with Crippen LogP contribution in [0.15, 0.2) is 158 Å². The molecule has 5 heteroatoms. The smallest absolute Gasteiger partial charge is 0.161 e. The van der Waals surface area contributed by atoms with Gasteiger partial charge in [0.25, 0.3) is 0 Å². The second kappa shape index (κ2) is 12.5. The average molecular weight is 647 g/mol. The predicted molar refractivity (Wildman–Crippen MR) is 204 cm³/mol. The van der Waals surface area contributed by atoms with Crippen LogP contribution in [0.3, 0.4) is 0 Å². The van der Waals surface area contributed by atoms with Gasteiger partial charge in [0.15, 0.2) is 11.6 Å². The summed E-state index contributed by atoms with van der Waals surface area (Å²) in [6.07, 6.45) is 8.78. The number of benzene rings is 5. The van der Waals surface area contributed by atoms with Gasteiger partial charge in [-0.15, -0.1) is 11.3 Å². The molecule has 0 unspecified atom stereocenters. The van der Waals surface area contributed by atoms with Crippen LogP contribution in [0.5, 0.6) is 0 Å². The van der Waals surface area contributed by atoms with E-state index in [1.165, 1.54) is 20.2 Å². The van der Waals surface area contributed by atoms with Crippen molar-refractivity contribution >= 4 is 37.1 Å². The van der Waals surface area contributed by atoms with Crippen molar-refractivity contribution in [3.8, 4) is 56.5 Å². The van der Waals surface area contributed by atoms with Crippen LogP contribution < -0.4 is 0 Å². The molecular formula is C44H30N4S. The highest BCUT2D eigenvalue weighted by Gasteiger charge is 2.17. The van der Waals surface area contributed by atoms with Gasteiger partial charge in [0.2, 0.25) is 0 Å². The van der Waals surface area contributed by atoms with E-state index in [1.54, 1.807) is 11.3 Å². The van der Waals surface area contributed by atoms with E-state index in [4.69, 9.17) is 19.9 Å². The third-order valence-corrected chi connectivity index (χ3v) is 10.2. The Balaban J connectivity index is 1.19. The van der Waals surface area contributed by atoms with Gasteiger partial charge in [0.05, 0.1) is 22.8 Å². The van der Waals surface area contributed by atoms with Crippen molar-refractivity contribution in [2.24, 2.45) is 0 Å². The lowest BCUT2D eigenvalue weighted by Gasteiger charge is -2.12. The second-order valence-corrected chi connectivity index (χ2v) is 13.2. The summed E-state index contributed by atoms with van der Waals surface area (Å²) in [5, 5.41) is 2.41. The number of thiophene rings is 1. The van der Waals surface area contributed by atoms with E-state index in [1.807, 2.05) is 42.5 Å². The Kier molecular flexibility index (Phi) is 7.45. The van der Waals surface area contributed by atoms with E-state index in [2.05, 4.69) is 115 Å². The quantitative estimate of drug-likeness (QED) is 0.180. The largest absolute Gasteiger partial charge is 0.228 e. The Bertz CT molecular complexity index is 2480. The van der Waals surface area contributed by atoms with Crippen molar-refractivity contribution in [3.05, 3.63) is 163 Å². The first kappa shape index (κ1) is 29.1. The van der Waals surface area contributed by atoms with Gasteiger partial charge >= 0.3 is 0 Å². The van der Waals surface area contributed by atoms with Crippen LogP contribution in [0, 0.1) is 0 Å². The molecule has 1 aliphatic carbocycles. The Morgan fingerprint density at radius 2 is 1.06 bits per heavy atom. The molecule has 0 aliphatic heterocycles. The van der Waals surface area contributed by atoms with E-state index in [9.17, 15) is 0 Å². The van der Waals surface area contributed by atoms with Crippen LogP contribution in [-0.4, -0.2) is 19.9 Å². The molecular weight excluding hydrogens is 617 g/mol. The molecule has 0 radical (unpaired) electrons. The number of aromatic nitrogens is 4. The number of nitrogens with zero attached hydrogens (tertiary/aromatic N) is 4. The predicted octanol–water partition coefficient (Wildman–Crippen LogP) is 11.7. The number of fused-ring (bicyclic) bond motifs is 3. The van der Waals surface area contributed by atoms with Crippen LogP contribution in [0.4, 0.5) is 0 Å². The number of allylic oxidation sites excluding steroid dienone is 4. The van der Waals surface area contributed by atoms with Gasteiger partial charge in [-0.3, -0.25) is 0 Å². The molecule has 0 fully saturated rings. The fourth-order valence-corrected chi connectivity index (χ4v) is 7.73. The standard InChI is InChI=1S/C44H30N4S/c1-5-14-29(15-6-1)37-28-40(46-43(45-37)32-20-11-4-12-21-32)33-24-25-34-35-22-13-23-36(42(35)49-41(34)26-33)44-47-38(30-16-7-2-8-17-30)27-39(48-44)31-18-9-3-10-19-31/h1-2,4-9,11-28H,3,10H2. The van der Waals surface area contributed by atoms with Crippen molar-refractivity contribution in [1.29, 1.82) is 0 Å². The van der Waals surface area contributed by atoms with Gasteiger partial charge in [-0.05, 0) is 42.7 Å². The molecule has 0 saturated carbocycles. The second-order valence-electron chi connectivity index (χ2n) is 12.2. The summed E-state index contributed by atoms with van der Waals surface area (Å²) in [7, 11) is 0. The summed E-state index contributed by atoms with van der Waals surface area (Å²) >= 11 is 1.78. The van der Waals surface area contributed by atoms with Gasteiger partial charge < -0.3 is 0 Å². The van der Waals surface area contributed by atoms with Crippen LogP contribution in [0.25, 0.3) is 82.3 Å². The van der Waals surface area contributed by atoms with E-state index >= 15 is 0 Å². The molecule has 9 rings (SSSR count). The fourth-order valence-electron chi connectivity index (χ4n) is 6.48. The summed E-state index contributed by atoms with van der Waals surface area (Å²) in [6, 6.07) is 48.3. The number of hydrogen-bond acceptors (Lipinski definition) is 5. The molecule has 4 nitrogen and oxygen atoms in total. The van der Waals surface area contributed by atoms with Crippen LogP contribution in [0.1, 0.15) is 18.5 Å². The first-order valence-electron chi connectivity index (χ1n) is 16.5. The molecule has 232 valence electrons. The van der Waals surface area contributed by atoms with Crippen LogP contribution in [-0.2, 0) is 0 Å². The van der Waals surface area contributed by atoms with Crippen molar-refractivity contribution < 1.29 is 0 Å². The molecule has 3 aromatic heterocycles. The average Bonchev–Trinajstić information content (AvgIpc) is 3.57. The van der Waals surface area contributed by atoms with E-state index < -0.39 is 0 Å². The monoisotopic (exact) mass is 646 g/mol. The fraction of sp³-hybridized carbons (Fsp3) is 0.0455. The lowest BCUT2D eigenvalue weighted by atomic mass is 10.0. The highest BCUT2D eigenvalue weighted by Crippen LogP contribution is 2.41. The lowest BCUT2D eigenvalue weighted by Crippen LogP contribution is -1.98. The Morgan fingerprint density at radius 3 is 1.73 bits per heavy atom. The van der Waals surface area contributed by atoms with Gasteiger partial charge in [-0.25, -0.2) is 19.9 Å². The minimum atomic E-state index is 0.713. The molecule has 1 aliphatic rings. The topological polar surface area (TPSA) is 51.6 Å².